The molecule has 3 N–H and O–H groups in total. The minimum absolute atomic E-state index is 0.00809. The van der Waals surface area contributed by atoms with Crippen LogP contribution >= 0.6 is 11.6 Å². The number of nitrogens with one attached hydrogen (secondary N) is 3. The van der Waals surface area contributed by atoms with Crippen LogP contribution in [0.1, 0.15) is 17.5 Å². The zero-order valence-electron chi connectivity index (χ0n) is 14.8. The summed E-state index contributed by atoms with van der Waals surface area (Å²) in [5, 5.41) is 11.4. The van der Waals surface area contributed by atoms with Crippen molar-refractivity contribution in [2.24, 2.45) is 0 Å². The van der Waals surface area contributed by atoms with Gasteiger partial charge < -0.3 is 20.4 Å². The van der Waals surface area contributed by atoms with E-state index in [1.54, 1.807) is 6.07 Å². The maximum absolute atomic E-state index is 12.4. The van der Waals surface area contributed by atoms with Gasteiger partial charge in [-0.05, 0) is 31.2 Å². The van der Waals surface area contributed by atoms with Crippen molar-refractivity contribution in [1.82, 2.24) is 20.3 Å². The largest absolute Gasteiger partial charge is 0.449 e. The molecule has 3 aromatic heterocycles. The van der Waals surface area contributed by atoms with E-state index in [0.29, 0.717) is 40.4 Å². The zero-order chi connectivity index (χ0) is 19.3. The molecule has 5 rings (SSSR count). The molecule has 0 fully saturated rings. The molecule has 9 heteroatoms. The lowest BCUT2D eigenvalue weighted by Crippen LogP contribution is -2.34. The fraction of sp³-hybridized carbons (Fsp3) is 0.158. The molecule has 140 valence electrons. The third-order valence-corrected chi connectivity index (χ3v) is 4.79. The maximum atomic E-state index is 12.4. The Hall–Kier alpha value is -3.39. The topological polar surface area (TPSA) is 105 Å². The summed E-state index contributed by atoms with van der Waals surface area (Å²) in [7, 11) is 0. The molecule has 1 aromatic carbocycles. The molecule has 28 heavy (non-hydrogen) atoms. The highest BCUT2D eigenvalue weighted by Gasteiger charge is 2.26. The Balaban J connectivity index is 1.62. The Bertz CT molecular complexity index is 1240. The molecule has 0 bridgehead atoms. The van der Waals surface area contributed by atoms with Crippen LogP contribution in [0.4, 0.5) is 17.3 Å². The van der Waals surface area contributed by atoms with Crippen molar-refractivity contribution in [3.8, 4) is 0 Å². The van der Waals surface area contributed by atoms with Gasteiger partial charge in [0.05, 0.1) is 16.6 Å². The first-order valence-electron chi connectivity index (χ1n) is 8.74. The number of nitrogens with zero attached hydrogens (tertiary/aromatic N) is 3. The number of amides is 1. The fourth-order valence-corrected chi connectivity index (χ4v) is 3.48. The highest BCUT2D eigenvalue weighted by Crippen LogP contribution is 2.37. The van der Waals surface area contributed by atoms with Crippen LogP contribution in [0.15, 0.2) is 41.1 Å². The Morgan fingerprint density at radius 3 is 2.96 bits per heavy atom. The van der Waals surface area contributed by atoms with Crippen molar-refractivity contribution in [1.29, 1.82) is 0 Å². The number of anilines is 3. The average Bonchev–Trinajstić information content (AvgIpc) is 2.99. The van der Waals surface area contributed by atoms with Crippen LogP contribution in [0, 0.1) is 0 Å². The molecular weight excluding hydrogens is 380 g/mol. The highest BCUT2D eigenvalue weighted by atomic mass is 35.5. The molecule has 1 amide bonds. The van der Waals surface area contributed by atoms with Gasteiger partial charge in [0.25, 0.3) is 5.91 Å². The highest BCUT2D eigenvalue weighted by molar-refractivity contribution is 6.29. The normalized spacial score (nSPS) is 16.4. The van der Waals surface area contributed by atoms with Gasteiger partial charge in [-0.3, -0.25) is 4.79 Å². The molecule has 1 aliphatic heterocycles. The van der Waals surface area contributed by atoms with E-state index in [-0.39, 0.29) is 11.9 Å². The minimum Gasteiger partial charge on any atom is -0.449 e. The number of hydrogen-bond acceptors (Lipinski definition) is 7. The first-order valence-corrected chi connectivity index (χ1v) is 9.12. The van der Waals surface area contributed by atoms with Crippen LogP contribution in [-0.2, 0) is 0 Å². The van der Waals surface area contributed by atoms with Gasteiger partial charge in [-0.2, -0.15) is 0 Å². The SMILES string of the molecule is CC1CNc2c(oc3ccc4nc(Nc5cc(Cl)ncn5)ccc4c23)C(=O)N1. The molecular formula is C19H15ClN6O2. The van der Waals surface area contributed by atoms with Gasteiger partial charge in [0.1, 0.15) is 28.7 Å². The van der Waals surface area contributed by atoms with Crippen LogP contribution in [0.3, 0.4) is 0 Å². The summed E-state index contributed by atoms with van der Waals surface area (Å²) in [6.07, 6.45) is 1.38. The van der Waals surface area contributed by atoms with Crippen molar-refractivity contribution in [3.63, 3.8) is 0 Å². The smallest absolute Gasteiger partial charge is 0.289 e. The van der Waals surface area contributed by atoms with Gasteiger partial charge in [-0.1, -0.05) is 11.6 Å². The van der Waals surface area contributed by atoms with E-state index in [1.807, 2.05) is 31.2 Å². The van der Waals surface area contributed by atoms with Crippen molar-refractivity contribution in [3.05, 3.63) is 47.6 Å². The summed E-state index contributed by atoms with van der Waals surface area (Å²) in [5.74, 6) is 1.25. The lowest BCUT2D eigenvalue weighted by Gasteiger charge is -2.10. The summed E-state index contributed by atoms with van der Waals surface area (Å²) >= 11 is 5.90. The van der Waals surface area contributed by atoms with Gasteiger partial charge in [0.15, 0.2) is 0 Å². The third kappa shape index (κ3) is 2.78. The van der Waals surface area contributed by atoms with E-state index in [9.17, 15) is 4.79 Å². The summed E-state index contributed by atoms with van der Waals surface area (Å²) in [4.78, 5) is 25.1. The van der Waals surface area contributed by atoms with Crippen LogP contribution in [0.2, 0.25) is 5.15 Å². The number of furan rings is 1. The Labute approximate surface area is 164 Å². The summed E-state index contributed by atoms with van der Waals surface area (Å²) in [5.41, 5.74) is 2.10. The summed E-state index contributed by atoms with van der Waals surface area (Å²) in [6.45, 7) is 2.56. The van der Waals surface area contributed by atoms with Crippen LogP contribution in [-0.4, -0.2) is 33.4 Å². The number of fused-ring (bicyclic) bond motifs is 5. The molecule has 1 aliphatic rings. The summed E-state index contributed by atoms with van der Waals surface area (Å²) < 4.78 is 5.83. The number of benzene rings is 1. The van der Waals surface area contributed by atoms with Crippen molar-refractivity contribution in [2.45, 2.75) is 13.0 Å². The van der Waals surface area contributed by atoms with Crippen molar-refractivity contribution < 1.29 is 9.21 Å². The number of rotatable bonds is 2. The molecule has 0 spiro atoms. The standard InChI is InChI=1S/C19H15ClN6O2/c1-9-7-21-17-16-10-2-5-14(26-15-6-13(20)22-8-23-15)25-11(10)3-4-12(16)28-18(17)19(27)24-9/h2-6,8-9,21H,7H2,1H3,(H,24,27)(H,22,23,25,26). The third-order valence-electron chi connectivity index (χ3n) is 4.58. The fourth-order valence-electron chi connectivity index (χ4n) is 3.33. The van der Waals surface area contributed by atoms with E-state index in [0.717, 1.165) is 16.3 Å². The predicted molar refractivity (Wildman–Crippen MR) is 107 cm³/mol. The first-order chi connectivity index (χ1) is 13.6. The molecule has 0 aliphatic carbocycles. The van der Waals surface area contributed by atoms with Crippen LogP contribution in [0.25, 0.3) is 21.9 Å². The number of carbonyl (C=O) groups is 1. The van der Waals surface area contributed by atoms with Crippen molar-refractivity contribution in [2.75, 3.05) is 17.2 Å². The summed E-state index contributed by atoms with van der Waals surface area (Å²) in [6, 6.07) is 9.10. The van der Waals surface area contributed by atoms with E-state index < -0.39 is 0 Å². The van der Waals surface area contributed by atoms with Gasteiger partial charge in [-0.25, -0.2) is 15.0 Å². The van der Waals surface area contributed by atoms with E-state index >= 15 is 0 Å². The molecule has 1 unspecified atom stereocenters. The van der Waals surface area contributed by atoms with E-state index in [4.69, 9.17) is 16.0 Å². The molecule has 4 heterocycles. The average molecular weight is 395 g/mol. The molecule has 8 nitrogen and oxygen atoms in total. The lowest BCUT2D eigenvalue weighted by atomic mass is 10.1. The number of aromatic nitrogens is 3. The van der Waals surface area contributed by atoms with Crippen molar-refractivity contribution >= 4 is 56.7 Å². The van der Waals surface area contributed by atoms with Gasteiger partial charge in [0, 0.05) is 24.0 Å². The van der Waals surface area contributed by atoms with Gasteiger partial charge >= 0.3 is 0 Å². The minimum atomic E-state index is -0.219. The number of hydrogen-bond donors (Lipinski definition) is 3. The number of carbonyl (C=O) groups excluding carboxylic acids is 1. The van der Waals surface area contributed by atoms with Gasteiger partial charge in [-0.15, -0.1) is 0 Å². The van der Waals surface area contributed by atoms with E-state index in [1.165, 1.54) is 6.33 Å². The molecule has 0 saturated heterocycles. The quantitative estimate of drug-likeness (QED) is 0.445. The molecule has 0 radical (unpaired) electrons. The Kier molecular flexibility index (Phi) is 3.80. The monoisotopic (exact) mass is 394 g/mol. The number of pyridine rings is 1. The Morgan fingerprint density at radius 1 is 1.21 bits per heavy atom. The molecule has 4 aromatic rings. The predicted octanol–water partition coefficient (Wildman–Crippen LogP) is 3.71. The molecule has 1 atom stereocenters. The second kappa shape index (κ2) is 6.35. The van der Waals surface area contributed by atoms with Gasteiger partial charge in [0.2, 0.25) is 5.76 Å². The second-order valence-corrected chi connectivity index (χ2v) is 7.00. The second-order valence-electron chi connectivity index (χ2n) is 6.61. The van der Waals surface area contributed by atoms with Crippen LogP contribution in [0.5, 0.6) is 0 Å². The number of halogens is 1. The van der Waals surface area contributed by atoms with Crippen LogP contribution < -0.4 is 16.0 Å². The zero-order valence-corrected chi connectivity index (χ0v) is 15.5. The van der Waals surface area contributed by atoms with E-state index in [2.05, 4.69) is 30.9 Å². The maximum Gasteiger partial charge on any atom is 0.289 e. The Morgan fingerprint density at radius 2 is 2.11 bits per heavy atom. The lowest BCUT2D eigenvalue weighted by molar-refractivity contribution is 0.0920. The molecule has 0 saturated carbocycles. The first kappa shape index (κ1) is 16.8.